The second kappa shape index (κ2) is 8.94. The lowest BCUT2D eigenvalue weighted by atomic mass is 10.2. The third-order valence-corrected chi connectivity index (χ3v) is 3.53. The van der Waals surface area contributed by atoms with Crippen molar-refractivity contribution in [3.63, 3.8) is 0 Å². The lowest BCUT2D eigenvalue weighted by Gasteiger charge is -2.13. The van der Waals surface area contributed by atoms with Crippen LogP contribution in [0.4, 0.5) is 0 Å². The number of methoxy groups -OCH3 is 2. The van der Waals surface area contributed by atoms with Crippen LogP contribution in [0.25, 0.3) is 0 Å². The molecule has 2 aromatic carbocycles. The third-order valence-electron chi connectivity index (χ3n) is 3.29. The maximum atomic E-state index is 12.1. The number of ether oxygens (including phenoxy) is 3. The number of carbonyl (C=O) groups excluding carboxylic acids is 1. The van der Waals surface area contributed by atoms with Crippen LogP contribution < -0.4 is 19.6 Å². The number of para-hydroxylation sites is 1. The van der Waals surface area contributed by atoms with Gasteiger partial charge < -0.3 is 14.2 Å². The number of amides is 1. The summed E-state index contributed by atoms with van der Waals surface area (Å²) in [7, 11) is 3.09. The van der Waals surface area contributed by atoms with Crippen molar-refractivity contribution in [3.05, 3.63) is 53.1 Å². The Bertz CT molecular complexity index is 764. The predicted molar refractivity (Wildman–Crippen MR) is 96.8 cm³/mol. The van der Waals surface area contributed by atoms with E-state index in [1.807, 2.05) is 0 Å². The molecule has 0 aromatic heterocycles. The number of rotatable bonds is 7. The second-order valence-corrected chi connectivity index (χ2v) is 5.47. The standard InChI is InChI=1S/C18H19ClN2O4/c1-12(25-15-8-5-7-14(19)10-15)18(22)21-20-11-13-6-4-9-16(23-2)17(13)24-3/h4-12H,1-3H3,(H,21,22). The quantitative estimate of drug-likeness (QED) is 0.606. The molecule has 1 atom stereocenters. The normalized spacial score (nSPS) is 11.8. The molecule has 0 saturated heterocycles. The average Bonchev–Trinajstić information content (AvgIpc) is 2.61. The van der Waals surface area contributed by atoms with E-state index in [1.54, 1.807) is 56.5 Å². The fourth-order valence-electron chi connectivity index (χ4n) is 2.07. The zero-order valence-corrected chi connectivity index (χ0v) is 14.9. The van der Waals surface area contributed by atoms with Crippen LogP contribution in [-0.4, -0.2) is 32.4 Å². The van der Waals surface area contributed by atoms with E-state index in [4.69, 9.17) is 25.8 Å². The maximum Gasteiger partial charge on any atom is 0.280 e. The Labute approximate surface area is 151 Å². The number of nitrogens with zero attached hydrogens (tertiary/aromatic N) is 1. The van der Waals surface area contributed by atoms with Gasteiger partial charge in [0, 0.05) is 10.6 Å². The number of carbonyl (C=O) groups is 1. The maximum absolute atomic E-state index is 12.1. The molecule has 0 aliphatic carbocycles. The monoisotopic (exact) mass is 362 g/mol. The molecule has 0 radical (unpaired) electrons. The molecule has 1 amide bonds. The van der Waals surface area contributed by atoms with Crippen LogP contribution in [0.1, 0.15) is 12.5 Å². The van der Waals surface area contributed by atoms with Crippen molar-refractivity contribution in [3.8, 4) is 17.2 Å². The summed E-state index contributed by atoms with van der Waals surface area (Å²) in [6.07, 6.45) is 0.744. The molecule has 1 N–H and O–H groups in total. The van der Waals surface area contributed by atoms with Gasteiger partial charge in [-0.1, -0.05) is 23.7 Å². The molecule has 1 unspecified atom stereocenters. The molecular formula is C18H19ClN2O4. The highest BCUT2D eigenvalue weighted by Crippen LogP contribution is 2.29. The van der Waals surface area contributed by atoms with Crippen molar-refractivity contribution in [1.82, 2.24) is 5.43 Å². The summed E-state index contributed by atoms with van der Waals surface area (Å²) in [5.41, 5.74) is 3.10. The lowest BCUT2D eigenvalue weighted by Crippen LogP contribution is -2.33. The minimum absolute atomic E-state index is 0.391. The van der Waals surface area contributed by atoms with Gasteiger partial charge in [0.25, 0.3) is 5.91 Å². The van der Waals surface area contributed by atoms with E-state index in [9.17, 15) is 4.79 Å². The van der Waals surface area contributed by atoms with Gasteiger partial charge in [-0.05, 0) is 37.3 Å². The van der Waals surface area contributed by atoms with Crippen molar-refractivity contribution in [2.24, 2.45) is 5.10 Å². The Balaban J connectivity index is 1.98. The van der Waals surface area contributed by atoms with Gasteiger partial charge >= 0.3 is 0 Å². The molecule has 6 nitrogen and oxygen atoms in total. The predicted octanol–water partition coefficient (Wildman–Crippen LogP) is 3.27. The number of hydrazone groups is 1. The minimum Gasteiger partial charge on any atom is -0.493 e. The van der Waals surface area contributed by atoms with Gasteiger partial charge in [-0.3, -0.25) is 4.79 Å². The topological polar surface area (TPSA) is 69.2 Å². The second-order valence-electron chi connectivity index (χ2n) is 5.03. The van der Waals surface area contributed by atoms with E-state index in [2.05, 4.69) is 10.5 Å². The summed E-state index contributed by atoms with van der Waals surface area (Å²) in [6.45, 7) is 1.62. The van der Waals surface area contributed by atoms with Crippen molar-refractivity contribution in [1.29, 1.82) is 0 Å². The molecule has 0 aliphatic rings. The van der Waals surface area contributed by atoms with Gasteiger partial charge in [-0.2, -0.15) is 5.10 Å². The molecule has 0 saturated carbocycles. The van der Waals surface area contributed by atoms with E-state index >= 15 is 0 Å². The molecule has 0 heterocycles. The van der Waals surface area contributed by atoms with Crippen molar-refractivity contribution >= 4 is 23.7 Å². The van der Waals surface area contributed by atoms with Crippen LogP contribution in [0.5, 0.6) is 17.2 Å². The highest BCUT2D eigenvalue weighted by molar-refractivity contribution is 6.30. The van der Waals surface area contributed by atoms with Crippen LogP contribution in [0.15, 0.2) is 47.6 Å². The van der Waals surface area contributed by atoms with Crippen LogP contribution in [0.3, 0.4) is 0 Å². The van der Waals surface area contributed by atoms with Crippen molar-refractivity contribution in [2.45, 2.75) is 13.0 Å². The Morgan fingerprint density at radius 1 is 1.20 bits per heavy atom. The summed E-state index contributed by atoms with van der Waals surface area (Å²) in [6, 6.07) is 12.2. The number of halogens is 1. The molecule has 2 aromatic rings. The summed E-state index contributed by atoms with van der Waals surface area (Å²) in [5.74, 6) is 1.23. The number of benzene rings is 2. The summed E-state index contributed by atoms with van der Waals surface area (Å²) in [4.78, 5) is 12.1. The first kappa shape index (κ1) is 18.6. The first-order valence-electron chi connectivity index (χ1n) is 7.51. The van der Waals surface area contributed by atoms with Crippen LogP contribution >= 0.6 is 11.6 Å². The fourth-order valence-corrected chi connectivity index (χ4v) is 2.25. The fraction of sp³-hybridized carbons (Fsp3) is 0.222. The molecule has 0 spiro atoms. The van der Waals surface area contributed by atoms with Crippen LogP contribution in [-0.2, 0) is 4.79 Å². The Morgan fingerprint density at radius 2 is 1.96 bits per heavy atom. The molecule has 0 aliphatic heterocycles. The van der Waals surface area contributed by atoms with Gasteiger partial charge in [0.2, 0.25) is 0 Å². The molecule has 7 heteroatoms. The van der Waals surface area contributed by atoms with E-state index in [-0.39, 0.29) is 0 Å². The Hall–Kier alpha value is -2.73. The molecule has 132 valence electrons. The van der Waals surface area contributed by atoms with Gasteiger partial charge in [0.1, 0.15) is 5.75 Å². The van der Waals surface area contributed by atoms with E-state index in [0.717, 1.165) is 0 Å². The SMILES string of the molecule is COc1cccc(C=NNC(=O)C(C)Oc2cccc(Cl)c2)c1OC. The third kappa shape index (κ3) is 5.12. The average molecular weight is 363 g/mol. The zero-order chi connectivity index (χ0) is 18.2. The number of nitrogens with one attached hydrogen (secondary N) is 1. The summed E-state index contributed by atoms with van der Waals surface area (Å²) in [5, 5.41) is 4.48. The Morgan fingerprint density at radius 3 is 2.64 bits per heavy atom. The van der Waals surface area contributed by atoms with Gasteiger partial charge in [-0.15, -0.1) is 0 Å². The largest absolute Gasteiger partial charge is 0.493 e. The summed E-state index contributed by atoms with van der Waals surface area (Å²) >= 11 is 5.89. The van der Waals surface area contributed by atoms with Crippen LogP contribution in [0.2, 0.25) is 5.02 Å². The number of hydrogen-bond donors (Lipinski definition) is 1. The van der Waals surface area contributed by atoms with E-state index in [0.29, 0.717) is 27.8 Å². The van der Waals surface area contributed by atoms with Crippen LogP contribution in [0, 0.1) is 0 Å². The zero-order valence-electron chi connectivity index (χ0n) is 14.2. The minimum atomic E-state index is -0.733. The molecular weight excluding hydrogens is 344 g/mol. The first-order valence-corrected chi connectivity index (χ1v) is 7.89. The smallest absolute Gasteiger partial charge is 0.280 e. The first-order chi connectivity index (χ1) is 12.0. The lowest BCUT2D eigenvalue weighted by molar-refractivity contribution is -0.127. The molecule has 25 heavy (non-hydrogen) atoms. The van der Waals surface area contributed by atoms with E-state index in [1.165, 1.54) is 13.3 Å². The van der Waals surface area contributed by atoms with Crippen molar-refractivity contribution < 1.29 is 19.0 Å². The number of hydrogen-bond acceptors (Lipinski definition) is 5. The van der Waals surface area contributed by atoms with Gasteiger partial charge in [0.15, 0.2) is 17.6 Å². The Kier molecular flexibility index (Phi) is 6.65. The van der Waals surface area contributed by atoms with E-state index < -0.39 is 12.0 Å². The van der Waals surface area contributed by atoms with Gasteiger partial charge in [0.05, 0.1) is 20.4 Å². The van der Waals surface area contributed by atoms with Gasteiger partial charge in [-0.25, -0.2) is 5.43 Å². The molecule has 0 bridgehead atoms. The molecule has 0 fully saturated rings. The highest BCUT2D eigenvalue weighted by Gasteiger charge is 2.14. The molecule has 2 rings (SSSR count). The summed E-state index contributed by atoms with van der Waals surface area (Å²) < 4.78 is 16.0. The van der Waals surface area contributed by atoms with Crippen molar-refractivity contribution in [2.75, 3.05) is 14.2 Å². The highest BCUT2D eigenvalue weighted by atomic mass is 35.5.